The van der Waals surface area contributed by atoms with Crippen LogP contribution >= 0.6 is 17.0 Å². The quantitative estimate of drug-likeness (QED) is 0.788. The first kappa shape index (κ1) is 10.1. The second kappa shape index (κ2) is 4.08. The van der Waals surface area contributed by atoms with Crippen LogP contribution in [0.25, 0.3) is 0 Å². The van der Waals surface area contributed by atoms with E-state index >= 15 is 0 Å². The van der Waals surface area contributed by atoms with Crippen molar-refractivity contribution in [3.05, 3.63) is 35.6 Å². The molecule has 0 saturated carbocycles. The average Bonchev–Trinajstić information content (AvgIpc) is 1.88. The molecule has 2 nitrogen and oxygen atoms in total. The summed E-state index contributed by atoms with van der Waals surface area (Å²) in [5.74, 6) is -1.64. The molecule has 0 spiro atoms. The molecule has 0 amide bonds. The third kappa shape index (κ3) is 2.67. The number of benzene rings is 1. The van der Waals surface area contributed by atoms with Crippen molar-refractivity contribution in [3.8, 4) is 0 Å². The van der Waals surface area contributed by atoms with E-state index in [0.29, 0.717) is 0 Å². The molecule has 0 atom stereocenters. The Hall–Kier alpha value is -0.900. The largest absolute Gasteiger partial charge is 0.478 e. The highest BCUT2D eigenvalue weighted by Crippen LogP contribution is 2.02. The maximum atomic E-state index is 12.3. The second-order valence-corrected chi connectivity index (χ2v) is 1.82. The van der Waals surface area contributed by atoms with Gasteiger partial charge < -0.3 is 5.11 Å². The first-order valence-corrected chi connectivity index (χ1v) is 2.69. The van der Waals surface area contributed by atoms with Gasteiger partial charge in [0.15, 0.2) is 0 Å². The van der Waals surface area contributed by atoms with Crippen molar-refractivity contribution in [2.75, 3.05) is 0 Å². The third-order valence-electron chi connectivity index (χ3n) is 1.07. The van der Waals surface area contributed by atoms with Crippen LogP contribution in [0.5, 0.6) is 0 Å². The lowest BCUT2D eigenvalue weighted by Crippen LogP contribution is -1.95. The van der Waals surface area contributed by atoms with Crippen molar-refractivity contribution >= 4 is 23.0 Å². The molecule has 0 unspecified atom stereocenters. The molecule has 0 fully saturated rings. The molecule has 0 heterocycles. The first-order chi connectivity index (χ1) is 4.70. The van der Waals surface area contributed by atoms with E-state index in [1.807, 2.05) is 0 Å². The van der Waals surface area contributed by atoms with Crippen molar-refractivity contribution in [1.29, 1.82) is 0 Å². The predicted octanol–water partition coefficient (Wildman–Crippen LogP) is 2.10. The molecule has 0 aromatic heterocycles. The Morgan fingerprint density at radius 3 is 2.45 bits per heavy atom. The summed E-state index contributed by atoms with van der Waals surface area (Å²) in [4.78, 5) is 10.2. The fourth-order valence-corrected chi connectivity index (χ4v) is 0.622. The van der Waals surface area contributed by atoms with Gasteiger partial charge in [-0.25, -0.2) is 9.18 Å². The maximum absolute atomic E-state index is 12.3. The van der Waals surface area contributed by atoms with Crippen LogP contribution in [0.15, 0.2) is 24.3 Å². The SMILES string of the molecule is Br.O=C(O)c1cccc(F)c1. The van der Waals surface area contributed by atoms with Crippen molar-refractivity contribution in [2.24, 2.45) is 0 Å². The standard InChI is InChI=1S/C7H5FO2.BrH/c8-6-3-1-2-5(4-6)7(9)10;/h1-4H,(H,9,10);1H. The highest BCUT2D eigenvalue weighted by Gasteiger charge is 2.01. The molecule has 1 aromatic carbocycles. The van der Waals surface area contributed by atoms with Crippen LogP contribution in [0.4, 0.5) is 4.39 Å². The number of aromatic carboxylic acids is 1. The number of carboxylic acids is 1. The summed E-state index contributed by atoms with van der Waals surface area (Å²) in [7, 11) is 0. The molecule has 0 aliphatic carbocycles. The van der Waals surface area contributed by atoms with Gasteiger partial charge in [0.05, 0.1) is 5.56 Å². The van der Waals surface area contributed by atoms with Crippen molar-refractivity contribution in [2.45, 2.75) is 0 Å². The number of halogens is 2. The van der Waals surface area contributed by atoms with Gasteiger partial charge in [0.2, 0.25) is 0 Å². The van der Waals surface area contributed by atoms with Crippen molar-refractivity contribution < 1.29 is 14.3 Å². The monoisotopic (exact) mass is 220 g/mol. The van der Waals surface area contributed by atoms with Gasteiger partial charge in [-0.3, -0.25) is 0 Å². The molecule has 0 aliphatic heterocycles. The Morgan fingerprint density at radius 1 is 1.45 bits per heavy atom. The summed E-state index contributed by atoms with van der Waals surface area (Å²) in [6.45, 7) is 0. The van der Waals surface area contributed by atoms with E-state index in [2.05, 4.69) is 0 Å². The van der Waals surface area contributed by atoms with Crippen LogP contribution in [0.3, 0.4) is 0 Å². The van der Waals surface area contributed by atoms with Gasteiger partial charge in [-0.05, 0) is 18.2 Å². The summed E-state index contributed by atoms with van der Waals surface area (Å²) in [5, 5.41) is 8.34. The number of hydrogen-bond acceptors (Lipinski definition) is 1. The maximum Gasteiger partial charge on any atom is 0.335 e. The first-order valence-electron chi connectivity index (χ1n) is 2.69. The number of carboxylic acid groups (broad SMARTS) is 1. The van der Waals surface area contributed by atoms with E-state index < -0.39 is 11.8 Å². The summed E-state index contributed by atoms with van der Waals surface area (Å²) < 4.78 is 12.3. The normalized spacial score (nSPS) is 8.45. The lowest BCUT2D eigenvalue weighted by atomic mass is 10.2. The molecule has 1 N–H and O–H groups in total. The molecule has 1 aromatic rings. The third-order valence-corrected chi connectivity index (χ3v) is 1.07. The molecule has 0 saturated heterocycles. The second-order valence-electron chi connectivity index (χ2n) is 1.82. The lowest BCUT2D eigenvalue weighted by molar-refractivity contribution is 0.0696. The highest BCUT2D eigenvalue weighted by molar-refractivity contribution is 8.93. The summed E-state index contributed by atoms with van der Waals surface area (Å²) >= 11 is 0. The van der Waals surface area contributed by atoms with Crippen LogP contribution in [-0.4, -0.2) is 11.1 Å². The highest BCUT2D eigenvalue weighted by atomic mass is 79.9. The molecule has 60 valence electrons. The summed E-state index contributed by atoms with van der Waals surface area (Å²) in [5.41, 5.74) is -0.0278. The van der Waals surface area contributed by atoms with E-state index in [9.17, 15) is 9.18 Å². The zero-order valence-electron chi connectivity index (χ0n) is 5.45. The Morgan fingerprint density at radius 2 is 2.09 bits per heavy atom. The smallest absolute Gasteiger partial charge is 0.335 e. The fraction of sp³-hybridized carbons (Fsp3) is 0. The molecule has 0 aliphatic rings. The van der Waals surface area contributed by atoms with Gasteiger partial charge in [0.1, 0.15) is 5.82 Å². The number of rotatable bonds is 1. The Bertz CT molecular complexity index is 262. The number of hydrogen-bond donors (Lipinski definition) is 1. The van der Waals surface area contributed by atoms with Crippen LogP contribution in [0.2, 0.25) is 0 Å². The Balaban J connectivity index is 0.000001000. The van der Waals surface area contributed by atoms with Crippen LogP contribution in [0.1, 0.15) is 10.4 Å². The molecular weight excluding hydrogens is 215 g/mol. The Labute approximate surface area is 73.4 Å². The van der Waals surface area contributed by atoms with Crippen LogP contribution in [0, 0.1) is 5.82 Å². The summed E-state index contributed by atoms with van der Waals surface area (Å²) in [6, 6.07) is 4.87. The minimum atomic E-state index is -1.11. The molecule has 0 bridgehead atoms. The zero-order valence-corrected chi connectivity index (χ0v) is 7.16. The molecule has 1 rings (SSSR count). The topological polar surface area (TPSA) is 37.3 Å². The molecule has 0 radical (unpaired) electrons. The van der Waals surface area contributed by atoms with Gasteiger partial charge in [-0.2, -0.15) is 0 Å². The average molecular weight is 221 g/mol. The van der Waals surface area contributed by atoms with E-state index in [1.165, 1.54) is 18.2 Å². The molecule has 11 heavy (non-hydrogen) atoms. The van der Waals surface area contributed by atoms with Crippen molar-refractivity contribution in [3.63, 3.8) is 0 Å². The minimum Gasteiger partial charge on any atom is -0.478 e. The van der Waals surface area contributed by atoms with Gasteiger partial charge in [-0.1, -0.05) is 6.07 Å². The fourth-order valence-electron chi connectivity index (χ4n) is 0.622. The zero-order chi connectivity index (χ0) is 7.56. The van der Waals surface area contributed by atoms with Gasteiger partial charge >= 0.3 is 5.97 Å². The van der Waals surface area contributed by atoms with Crippen LogP contribution in [-0.2, 0) is 0 Å². The van der Waals surface area contributed by atoms with Gasteiger partial charge in [-0.15, -0.1) is 17.0 Å². The van der Waals surface area contributed by atoms with E-state index in [-0.39, 0.29) is 22.5 Å². The van der Waals surface area contributed by atoms with Crippen molar-refractivity contribution in [1.82, 2.24) is 0 Å². The Kier molecular flexibility index (Phi) is 3.74. The van der Waals surface area contributed by atoms with E-state index in [0.717, 1.165) is 6.07 Å². The van der Waals surface area contributed by atoms with E-state index in [4.69, 9.17) is 5.11 Å². The van der Waals surface area contributed by atoms with E-state index in [1.54, 1.807) is 0 Å². The van der Waals surface area contributed by atoms with Gasteiger partial charge in [0.25, 0.3) is 0 Å². The van der Waals surface area contributed by atoms with Gasteiger partial charge in [0, 0.05) is 0 Å². The lowest BCUT2D eigenvalue weighted by Gasteiger charge is -1.91. The van der Waals surface area contributed by atoms with Crippen LogP contribution < -0.4 is 0 Å². The molecule has 4 heteroatoms. The predicted molar refractivity (Wildman–Crippen MR) is 43.7 cm³/mol. The summed E-state index contributed by atoms with van der Waals surface area (Å²) in [6.07, 6.45) is 0. The minimum absolute atomic E-state index is 0. The number of carbonyl (C=O) groups is 1. The molecular formula is C7H6BrFO2.